The molecule has 0 atom stereocenters. The number of hydrogen-bond donors (Lipinski definition) is 0. The number of thiazole rings is 1. The summed E-state index contributed by atoms with van der Waals surface area (Å²) in [5, 5.41) is 1.76. The molecule has 0 saturated carbocycles. The average Bonchev–Trinajstić information content (AvgIpc) is 2.51. The minimum atomic E-state index is 0.160. The van der Waals surface area contributed by atoms with E-state index >= 15 is 0 Å². The first kappa shape index (κ1) is 11.7. The number of aryl methyl sites for hydroxylation is 1. The van der Waals surface area contributed by atoms with Crippen molar-refractivity contribution in [1.29, 1.82) is 0 Å². The third kappa shape index (κ3) is 3.38. The van der Waals surface area contributed by atoms with Gasteiger partial charge in [0.25, 0.3) is 0 Å². The molecule has 0 spiro atoms. The molecule has 0 N–H and O–H groups in total. The number of alkyl halides is 1. The molecule has 3 nitrogen and oxygen atoms in total. The Balaban J connectivity index is 2.48. The Morgan fingerprint density at radius 2 is 2.43 bits per heavy atom. The SMILES string of the molecule is Cc1ncc(CN(C)C(=O)CCBr)s1. The van der Waals surface area contributed by atoms with E-state index in [2.05, 4.69) is 20.9 Å². The maximum Gasteiger partial charge on any atom is 0.223 e. The van der Waals surface area contributed by atoms with Crippen molar-refractivity contribution in [3.05, 3.63) is 16.1 Å². The Labute approximate surface area is 96.3 Å². The Hall–Kier alpha value is -0.420. The van der Waals surface area contributed by atoms with Gasteiger partial charge in [0, 0.05) is 29.9 Å². The summed E-state index contributed by atoms with van der Waals surface area (Å²) in [4.78, 5) is 18.4. The molecule has 1 heterocycles. The molecule has 14 heavy (non-hydrogen) atoms. The van der Waals surface area contributed by atoms with Crippen molar-refractivity contribution in [2.75, 3.05) is 12.4 Å². The van der Waals surface area contributed by atoms with Crippen LogP contribution in [-0.4, -0.2) is 28.2 Å². The largest absolute Gasteiger partial charge is 0.341 e. The van der Waals surface area contributed by atoms with Gasteiger partial charge in [-0.2, -0.15) is 0 Å². The highest BCUT2D eigenvalue weighted by Crippen LogP contribution is 2.13. The van der Waals surface area contributed by atoms with Gasteiger partial charge in [-0.1, -0.05) is 15.9 Å². The highest BCUT2D eigenvalue weighted by molar-refractivity contribution is 9.09. The molecular formula is C9H13BrN2OS. The number of aromatic nitrogens is 1. The van der Waals surface area contributed by atoms with Gasteiger partial charge >= 0.3 is 0 Å². The smallest absolute Gasteiger partial charge is 0.223 e. The second-order valence-corrected chi connectivity index (χ2v) is 5.15. The van der Waals surface area contributed by atoms with Crippen molar-refractivity contribution in [3.63, 3.8) is 0 Å². The van der Waals surface area contributed by atoms with E-state index in [1.165, 1.54) is 0 Å². The van der Waals surface area contributed by atoms with E-state index in [-0.39, 0.29) is 5.91 Å². The Morgan fingerprint density at radius 3 is 2.93 bits per heavy atom. The van der Waals surface area contributed by atoms with Crippen LogP contribution in [0.4, 0.5) is 0 Å². The molecule has 78 valence electrons. The average molecular weight is 277 g/mol. The third-order valence-electron chi connectivity index (χ3n) is 1.80. The van der Waals surface area contributed by atoms with Crippen molar-refractivity contribution in [1.82, 2.24) is 9.88 Å². The third-order valence-corrected chi connectivity index (χ3v) is 3.09. The fourth-order valence-corrected chi connectivity index (χ4v) is 2.26. The monoisotopic (exact) mass is 276 g/mol. The van der Waals surface area contributed by atoms with Crippen LogP contribution in [0, 0.1) is 6.92 Å². The van der Waals surface area contributed by atoms with E-state index in [1.807, 2.05) is 20.2 Å². The first-order valence-electron chi connectivity index (χ1n) is 4.34. The highest BCUT2D eigenvalue weighted by Gasteiger charge is 2.09. The number of carbonyl (C=O) groups excluding carboxylic acids is 1. The number of carbonyl (C=O) groups is 1. The molecule has 1 rings (SSSR count). The summed E-state index contributed by atoms with van der Waals surface area (Å²) in [7, 11) is 1.82. The fourth-order valence-electron chi connectivity index (χ4n) is 1.07. The Morgan fingerprint density at radius 1 is 1.71 bits per heavy atom. The standard InChI is InChI=1S/C9H13BrN2OS/c1-7-11-5-8(14-7)6-12(2)9(13)3-4-10/h5H,3-4,6H2,1-2H3. The summed E-state index contributed by atoms with van der Waals surface area (Å²) >= 11 is 4.89. The number of amides is 1. The summed E-state index contributed by atoms with van der Waals surface area (Å²) in [6.07, 6.45) is 2.38. The predicted octanol–water partition coefficient (Wildman–Crippen LogP) is 2.19. The molecule has 0 saturated heterocycles. The van der Waals surface area contributed by atoms with Crippen molar-refractivity contribution in [2.45, 2.75) is 19.9 Å². The van der Waals surface area contributed by atoms with E-state index in [0.29, 0.717) is 13.0 Å². The fraction of sp³-hybridized carbons (Fsp3) is 0.556. The van der Waals surface area contributed by atoms with Gasteiger partial charge in [0.05, 0.1) is 11.6 Å². The van der Waals surface area contributed by atoms with Crippen molar-refractivity contribution >= 4 is 33.2 Å². The van der Waals surface area contributed by atoms with Crippen molar-refractivity contribution in [3.8, 4) is 0 Å². The summed E-state index contributed by atoms with van der Waals surface area (Å²) in [6, 6.07) is 0. The quantitative estimate of drug-likeness (QED) is 0.790. The number of nitrogens with zero attached hydrogens (tertiary/aromatic N) is 2. The molecule has 1 amide bonds. The van der Waals surface area contributed by atoms with Crippen LogP contribution < -0.4 is 0 Å². The molecule has 0 radical (unpaired) electrons. The van der Waals surface area contributed by atoms with Crippen molar-refractivity contribution < 1.29 is 4.79 Å². The molecule has 0 aliphatic carbocycles. The molecule has 0 aliphatic rings. The second-order valence-electron chi connectivity index (χ2n) is 3.03. The van der Waals surface area contributed by atoms with Crippen LogP contribution in [0.2, 0.25) is 0 Å². The zero-order valence-electron chi connectivity index (χ0n) is 8.29. The predicted molar refractivity (Wildman–Crippen MR) is 61.7 cm³/mol. The maximum atomic E-state index is 11.4. The lowest BCUT2D eigenvalue weighted by atomic mass is 10.4. The zero-order chi connectivity index (χ0) is 10.6. The lowest BCUT2D eigenvalue weighted by molar-refractivity contribution is -0.129. The van der Waals surface area contributed by atoms with Gasteiger partial charge < -0.3 is 4.90 Å². The summed E-state index contributed by atoms with van der Waals surface area (Å²) in [5.41, 5.74) is 0. The van der Waals surface area contributed by atoms with Gasteiger partial charge in [0.2, 0.25) is 5.91 Å². The van der Waals surface area contributed by atoms with Gasteiger partial charge in [-0.05, 0) is 6.92 Å². The number of rotatable bonds is 4. The molecule has 0 unspecified atom stereocenters. The minimum absolute atomic E-state index is 0.160. The highest BCUT2D eigenvalue weighted by atomic mass is 79.9. The maximum absolute atomic E-state index is 11.4. The van der Waals surface area contributed by atoms with E-state index < -0.39 is 0 Å². The number of hydrogen-bond acceptors (Lipinski definition) is 3. The van der Waals surface area contributed by atoms with Crippen LogP contribution in [0.15, 0.2) is 6.20 Å². The zero-order valence-corrected chi connectivity index (χ0v) is 10.7. The van der Waals surface area contributed by atoms with E-state index in [1.54, 1.807) is 16.2 Å². The molecule has 1 aromatic heterocycles. The first-order chi connectivity index (χ1) is 6.63. The van der Waals surface area contributed by atoms with Crippen LogP contribution in [0.3, 0.4) is 0 Å². The van der Waals surface area contributed by atoms with Gasteiger partial charge in [-0.15, -0.1) is 11.3 Å². The lowest BCUT2D eigenvalue weighted by Gasteiger charge is -2.14. The Kier molecular flexibility index (Phi) is 4.54. The minimum Gasteiger partial charge on any atom is -0.341 e. The molecule has 5 heteroatoms. The number of halogens is 1. The summed E-state index contributed by atoms with van der Waals surface area (Å²) in [6.45, 7) is 2.63. The molecular weight excluding hydrogens is 264 g/mol. The van der Waals surface area contributed by atoms with Gasteiger partial charge in [0.15, 0.2) is 0 Å². The normalized spacial score (nSPS) is 10.2. The second kappa shape index (κ2) is 5.46. The lowest BCUT2D eigenvalue weighted by Crippen LogP contribution is -2.25. The van der Waals surface area contributed by atoms with Crippen LogP contribution in [0.1, 0.15) is 16.3 Å². The summed E-state index contributed by atoms with van der Waals surface area (Å²) in [5.74, 6) is 0.160. The van der Waals surface area contributed by atoms with Crippen LogP contribution >= 0.6 is 27.3 Å². The topological polar surface area (TPSA) is 33.2 Å². The van der Waals surface area contributed by atoms with Crippen LogP contribution in [0.5, 0.6) is 0 Å². The van der Waals surface area contributed by atoms with Gasteiger partial charge in [-0.25, -0.2) is 4.98 Å². The van der Waals surface area contributed by atoms with Crippen LogP contribution in [0.25, 0.3) is 0 Å². The molecule has 0 bridgehead atoms. The molecule has 0 aliphatic heterocycles. The molecule has 0 fully saturated rings. The van der Waals surface area contributed by atoms with E-state index in [9.17, 15) is 4.79 Å². The Bertz CT molecular complexity index is 314. The summed E-state index contributed by atoms with van der Waals surface area (Å²) < 4.78 is 0. The van der Waals surface area contributed by atoms with E-state index in [0.717, 1.165) is 15.2 Å². The van der Waals surface area contributed by atoms with Gasteiger partial charge in [-0.3, -0.25) is 4.79 Å². The van der Waals surface area contributed by atoms with Crippen LogP contribution in [-0.2, 0) is 11.3 Å². The van der Waals surface area contributed by atoms with E-state index in [4.69, 9.17) is 0 Å². The van der Waals surface area contributed by atoms with Crippen molar-refractivity contribution in [2.24, 2.45) is 0 Å². The molecule has 0 aromatic carbocycles. The molecule has 1 aromatic rings. The first-order valence-corrected chi connectivity index (χ1v) is 6.28. The van der Waals surface area contributed by atoms with Gasteiger partial charge in [0.1, 0.15) is 0 Å².